The molecule has 0 aromatic heterocycles. The van der Waals surface area contributed by atoms with Crippen LogP contribution in [0.25, 0.3) is 10.8 Å². The van der Waals surface area contributed by atoms with E-state index in [1.54, 1.807) is 6.07 Å². The Morgan fingerprint density at radius 1 is 1.16 bits per heavy atom. The lowest BCUT2D eigenvalue weighted by Gasteiger charge is -2.12. The fourth-order valence-electron chi connectivity index (χ4n) is 2.34. The second kappa shape index (κ2) is 7.52. The molecule has 0 unspecified atom stereocenters. The van der Waals surface area contributed by atoms with Crippen LogP contribution in [0.3, 0.4) is 0 Å². The second-order valence-corrected chi connectivity index (χ2v) is 6.00. The van der Waals surface area contributed by atoms with E-state index in [0.29, 0.717) is 5.75 Å². The smallest absolute Gasteiger partial charge is 0.416 e. The summed E-state index contributed by atoms with van der Waals surface area (Å²) in [6.45, 7) is -0.571. The van der Waals surface area contributed by atoms with E-state index in [2.05, 4.69) is 20.7 Å². The van der Waals surface area contributed by atoms with Gasteiger partial charge < -0.3 is 14.2 Å². The summed E-state index contributed by atoms with van der Waals surface area (Å²) < 4.78 is 15.7. The molecule has 3 rings (SSSR count). The normalized spacial score (nSPS) is 13.6. The average Bonchev–Trinajstić information content (AvgIpc) is 3.05. The van der Waals surface area contributed by atoms with Crippen LogP contribution in [0.1, 0.15) is 0 Å². The number of carbonyl (C=O) groups is 3. The van der Waals surface area contributed by atoms with Gasteiger partial charge in [0, 0.05) is 0 Å². The molecule has 0 saturated carbocycles. The number of benzene rings is 2. The maximum Gasteiger partial charge on any atom is 0.416 e. The summed E-state index contributed by atoms with van der Waals surface area (Å²) >= 11 is 3.46. The van der Waals surface area contributed by atoms with Gasteiger partial charge >= 0.3 is 12.1 Å². The van der Waals surface area contributed by atoms with Crippen LogP contribution < -0.4 is 4.74 Å². The lowest BCUT2D eigenvalue weighted by atomic mass is 10.1. The number of hydrogen-bond acceptors (Lipinski definition) is 6. The van der Waals surface area contributed by atoms with E-state index >= 15 is 0 Å². The standard InChI is InChI=1S/C17H14BrNO6/c18-16-12-4-2-1-3-11(12)5-6-13(16)24-10-15(21)25-9-14(20)19-7-8-23-17(19)22/h1-6H,7-10H2. The molecule has 0 atom stereocenters. The molecule has 0 bridgehead atoms. The third-order valence-electron chi connectivity index (χ3n) is 3.59. The summed E-state index contributed by atoms with van der Waals surface area (Å²) in [6.07, 6.45) is -0.725. The molecule has 1 aliphatic heterocycles. The Morgan fingerprint density at radius 2 is 1.96 bits per heavy atom. The summed E-state index contributed by atoms with van der Waals surface area (Å²) in [5.41, 5.74) is 0. The first-order chi connectivity index (χ1) is 12.1. The lowest BCUT2D eigenvalue weighted by Crippen LogP contribution is -2.35. The molecule has 0 spiro atoms. The molecule has 2 amide bonds. The van der Waals surface area contributed by atoms with Gasteiger partial charge in [-0.15, -0.1) is 0 Å². The average molecular weight is 408 g/mol. The Morgan fingerprint density at radius 3 is 2.72 bits per heavy atom. The number of esters is 1. The molecule has 2 aromatic carbocycles. The Bertz CT molecular complexity index is 837. The Kier molecular flexibility index (Phi) is 5.18. The van der Waals surface area contributed by atoms with Gasteiger partial charge in [-0.25, -0.2) is 14.5 Å². The van der Waals surface area contributed by atoms with E-state index < -0.39 is 24.6 Å². The molecular weight excluding hydrogens is 394 g/mol. The van der Waals surface area contributed by atoms with Crippen molar-refractivity contribution in [3.8, 4) is 5.75 Å². The number of ether oxygens (including phenoxy) is 3. The Balaban J connectivity index is 1.53. The van der Waals surface area contributed by atoms with E-state index in [1.807, 2.05) is 30.3 Å². The van der Waals surface area contributed by atoms with Gasteiger partial charge in [0.15, 0.2) is 13.2 Å². The number of hydrogen-bond donors (Lipinski definition) is 0. The number of fused-ring (bicyclic) bond motifs is 1. The molecular formula is C17H14BrNO6. The first-order valence-electron chi connectivity index (χ1n) is 7.49. The minimum absolute atomic E-state index is 0.150. The predicted molar refractivity (Wildman–Crippen MR) is 91.2 cm³/mol. The zero-order valence-electron chi connectivity index (χ0n) is 13.1. The first-order valence-corrected chi connectivity index (χ1v) is 8.28. The van der Waals surface area contributed by atoms with Crippen LogP contribution in [0.2, 0.25) is 0 Å². The summed E-state index contributed by atoms with van der Waals surface area (Å²) in [5.74, 6) is -0.839. The van der Waals surface area contributed by atoms with Crippen molar-refractivity contribution in [3.63, 3.8) is 0 Å². The van der Waals surface area contributed by atoms with Crippen molar-refractivity contribution < 1.29 is 28.6 Å². The van der Waals surface area contributed by atoms with Crippen molar-refractivity contribution in [1.82, 2.24) is 4.90 Å². The second-order valence-electron chi connectivity index (χ2n) is 5.21. The van der Waals surface area contributed by atoms with Crippen LogP contribution in [-0.4, -0.2) is 49.2 Å². The van der Waals surface area contributed by atoms with Gasteiger partial charge in [0.2, 0.25) is 0 Å². The van der Waals surface area contributed by atoms with Crippen LogP contribution in [0.15, 0.2) is 40.9 Å². The molecule has 7 nitrogen and oxygen atoms in total. The Labute approximate surface area is 151 Å². The monoisotopic (exact) mass is 407 g/mol. The highest BCUT2D eigenvalue weighted by molar-refractivity contribution is 9.10. The van der Waals surface area contributed by atoms with E-state index in [1.165, 1.54) is 0 Å². The van der Waals surface area contributed by atoms with Crippen molar-refractivity contribution in [2.45, 2.75) is 0 Å². The minimum Gasteiger partial charge on any atom is -0.481 e. The van der Waals surface area contributed by atoms with Gasteiger partial charge in [0.1, 0.15) is 12.4 Å². The number of amides is 2. The van der Waals surface area contributed by atoms with Crippen molar-refractivity contribution >= 4 is 44.7 Å². The SMILES string of the molecule is O=C(COc1ccc2ccccc2c1Br)OCC(=O)N1CCOC1=O. The fraction of sp³-hybridized carbons (Fsp3) is 0.235. The maximum atomic E-state index is 11.7. The van der Waals surface area contributed by atoms with Crippen molar-refractivity contribution in [3.05, 3.63) is 40.9 Å². The van der Waals surface area contributed by atoms with E-state index in [-0.39, 0.29) is 19.8 Å². The van der Waals surface area contributed by atoms with Crippen LogP contribution in [0.5, 0.6) is 5.75 Å². The van der Waals surface area contributed by atoms with Gasteiger partial charge in [0.25, 0.3) is 5.91 Å². The van der Waals surface area contributed by atoms with Gasteiger partial charge in [-0.05, 0) is 32.8 Å². The summed E-state index contributed by atoms with van der Waals surface area (Å²) in [4.78, 5) is 35.6. The molecule has 25 heavy (non-hydrogen) atoms. The summed E-state index contributed by atoms with van der Waals surface area (Å²) in [7, 11) is 0. The molecule has 0 N–H and O–H groups in total. The molecule has 1 saturated heterocycles. The highest BCUT2D eigenvalue weighted by Gasteiger charge is 2.28. The van der Waals surface area contributed by atoms with E-state index in [4.69, 9.17) is 9.47 Å². The number of nitrogens with zero attached hydrogens (tertiary/aromatic N) is 1. The predicted octanol–water partition coefficient (Wildman–Crippen LogP) is 2.50. The molecule has 1 fully saturated rings. The number of carbonyl (C=O) groups excluding carboxylic acids is 3. The van der Waals surface area contributed by atoms with Crippen molar-refractivity contribution in [2.24, 2.45) is 0 Å². The van der Waals surface area contributed by atoms with Crippen LogP contribution in [-0.2, 0) is 19.1 Å². The first kappa shape index (κ1) is 17.2. The fourth-order valence-corrected chi connectivity index (χ4v) is 2.95. The number of cyclic esters (lactones) is 1. The van der Waals surface area contributed by atoms with Crippen molar-refractivity contribution in [1.29, 1.82) is 0 Å². The topological polar surface area (TPSA) is 82.1 Å². The van der Waals surface area contributed by atoms with Gasteiger partial charge in [-0.3, -0.25) is 4.79 Å². The highest BCUT2D eigenvalue weighted by atomic mass is 79.9. The lowest BCUT2D eigenvalue weighted by molar-refractivity contribution is -0.152. The molecule has 1 aliphatic rings. The summed E-state index contributed by atoms with van der Waals surface area (Å²) in [5, 5.41) is 1.99. The molecule has 0 radical (unpaired) electrons. The van der Waals surface area contributed by atoms with Crippen molar-refractivity contribution in [2.75, 3.05) is 26.4 Å². The maximum absolute atomic E-state index is 11.7. The zero-order valence-corrected chi connectivity index (χ0v) is 14.7. The van der Waals surface area contributed by atoms with Crippen LogP contribution >= 0.6 is 15.9 Å². The number of halogens is 1. The molecule has 8 heteroatoms. The van der Waals surface area contributed by atoms with Crippen LogP contribution in [0, 0.1) is 0 Å². The highest BCUT2D eigenvalue weighted by Crippen LogP contribution is 2.32. The third-order valence-corrected chi connectivity index (χ3v) is 4.41. The largest absolute Gasteiger partial charge is 0.481 e. The zero-order chi connectivity index (χ0) is 17.8. The molecule has 1 heterocycles. The molecule has 2 aromatic rings. The van der Waals surface area contributed by atoms with Gasteiger partial charge in [-0.2, -0.15) is 0 Å². The summed E-state index contributed by atoms with van der Waals surface area (Å²) in [6, 6.07) is 11.3. The number of rotatable bonds is 5. The minimum atomic E-state index is -0.725. The number of imide groups is 1. The quantitative estimate of drug-likeness (QED) is 0.708. The Hall–Kier alpha value is -2.61. The third kappa shape index (κ3) is 3.90. The van der Waals surface area contributed by atoms with E-state index in [0.717, 1.165) is 20.1 Å². The molecule has 0 aliphatic carbocycles. The van der Waals surface area contributed by atoms with E-state index in [9.17, 15) is 14.4 Å². The molecule has 130 valence electrons. The van der Waals surface area contributed by atoms with Gasteiger partial charge in [-0.1, -0.05) is 30.3 Å². The van der Waals surface area contributed by atoms with Gasteiger partial charge in [0.05, 0.1) is 11.0 Å². The van der Waals surface area contributed by atoms with Crippen LogP contribution in [0.4, 0.5) is 4.79 Å².